The normalized spacial score (nSPS) is 11.0. The Labute approximate surface area is 86.1 Å². The lowest BCUT2D eigenvalue weighted by Crippen LogP contribution is -1.97. The third-order valence-electron chi connectivity index (χ3n) is 2.24. The van der Waals surface area contributed by atoms with Gasteiger partial charge in [-0.15, -0.1) is 11.3 Å². The van der Waals surface area contributed by atoms with E-state index in [2.05, 4.69) is 35.2 Å². The summed E-state index contributed by atoms with van der Waals surface area (Å²) in [5.41, 5.74) is 8.17. The van der Waals surface area contributed by atoms with E-state index in [1.165, 1.54) is 18.4 Å². The highest BCUT2D eigenvalue weighted by atomic mass is 79.9. The van der Waals surface area contributed by atoms with Gasteiger partial charge in [0.15, 0.2) is 0 Å². The highest BCUT2D eigenvalue weighted by Crippen LogP contribution is 2.37. The SMILES string of the molecule is CCC(CC)c1csc(Br)c1N. The van der Waals surface area contributed by atoms with E-state index in [0.717, 1.165) is 9.47 Å². The van der Waals surface area contributed by atoms with E-state index in [-0.39, 0.29) is 0 Å². The number of anilines is 1. The molecule has 68 valence electrons. The van der Waals surface area contributed by atoms with E-state index >= 15 is 0 Å². The third-order valence-corrected chi connectivity index (χ3v) is 4.02. The summed E-state index contributed by atoms with van der Waals surface area (Å²) in [7, 11) is 0. The Morgan fingerprint density at radius 1 is 1.50 bits per heavy atom. The minimum Gasteiger partial charge on any atom is -0.397 e. The van der Waals surface area contributed by atoms with Gasteiger partial charge in [0.1, 0.15) is 0 Å². The van der Waals surface area contributed by atoms with Crippen LogP contribution >= 0.6 is 27.3 Å². The predicted molar refractivity (Wildman–Crippen MR) is 59.8 cm³/mol. The van der Waals surface area contributed by atoms with Gasteiger partial charge in [-0.1, -0.05) is 13.8 Å². The minimum atomic E-state index is 0.632. The lowest BCUT2D eigenvalue weighted by Gasteiger charge is -2.11. The summed E-state index contributed by atoms with van der Waals surface area (Å²) in [5, 5.41) is 2.16. The topological polar surface area (TPSA) is 26.0 Å². The van der Waals surface area contributed by atoms with Crippen LogP contribution in [0.3, 0.4) is 0 Å². The molecule has 0 radical (unpaired) electrons. The van der Waals surface area contributed by atoms with Crippen LogP contribution in [0, 0.1) is 0 Å². The van der Waals surface area contributed by atoms with Crippen LogP contribution in [0.25, 0.3) is 0 Å². The number of rotatable bonds is 3. The molecular formula is C9H14BrNS. The molecule has 3 heteroatoms. The van der Waals surface area contributed by atoms with Crippen molar-refractivity contribution in [2.24, 2.45) is 0 Å². The Morgan fingerprint density at radius 3 is 2.42 bits per heavy atom. The van der Waals surface area contributed by atoms with E-state index in [1.54, 1.807) is 11.3 Å². The van der Waals surface area contributed by atoms with E-state index in [4.69, 9.17) is 5.73 Å². The van der Waals surface area contributed by atoms with Crippen molar-refractivity contribution in [1.82, 2.24) is 0 Å². The van der Waals surface area contributed by atoms with Crippen molar-refractivity contribution in [2.75, 3.05) is 5.73 Å². The molecule has 1 heterocycles. The van der Waals surface area contributed by atoms with Crippen molar-refractivity contribution in [2.45, 2.75) is 32.6 Å². The van der Waals surface area contributed by atoms with Crippen LogP contribution in [-0.2, 0) is 0 Å². The first kappa shape index (κ1) is 10.1. The molecule has 1 rings (SSSR count). The van der Waals surface area contributed by atoms with Crippen LogP contribution in [0.5, 0.6) is 0 Å². The van der Waals surface area contributed by atoms with Crippen molar-refractivity contribution in [3.63, 3.8) is 0 Å². The van der Waals surface area contributed by atoms with Gasteiger partial charge in [0.25, 0.3) is 0 Å². The van der Waals surface area contributed by atoms with Gasteiger partial charge in [0.2, 0.25) is 0 Å². The van der Waals surface area contributed by atoms with Crippen molar-refractivity contribution < 1.29 is 0 Å². The van der Waals surface area contributed by atoms with Crippen LogP contribution in [0.2, 0.25) is 0 Å². The van der Waals surface area contributed by atoms with Crippen molar-refractivity contribution >= 4 is 33.0 Å². The minimum absolute atomic E-state index is 0.632. The molecule has 0 saturated heterocycles. The van der Waals surface area contributed by atoms with Crippen molar-refractivity contribution in [1.29, 1.82) is 0 Å². The smallest absolute Gasteiger partial charge is 0.0930 e. The molecule has 12 heavy (non-hydrogen) atoms. The fourth-order valence-electron chi connectivity index (χ4n) is 1.40. The standard InChI is InChI=1S/C9H14BrNS/c1-3-6(4-2)7-5-12-9(10)8(7)11/h5-6H,3-4,11H2,1-2H3. The summed E-state index contributed by atoms with van der Waals surface area (Å²) in [4.78, 5) is 0. The molecule has 0 aliphatic heterocycles. The molecule has 0 spiro atoms. The van der Waals surface area contributed by atoms with Crippen LogP contribution in [0.15, 0.2) is 9.17 Å². The van der Waals surface area contributed by atoms with Crippen molar-refractivity contribution in [3.8, 4) is 0 Å². The molecule has 0 fully saturated rings. The summed E-state index contributed by atoms with van der Waals surface area (Å²) in [6.45, 7) is 4.42. The monoisotopic (exact) mass is 247 g/mol. The van der Waals surface area contributed by atoms with Gasteiger partial charge < -0.3 is 5.73 Å². The van der Waals surface area contributed by atoms with Gasteiger partial charge in [-0.2, -0.15) is 0 Å². The fraction of sp³-hybridized carbons (Fsp3) is 0.556. The average molecular weight is 248 g/mol. The summed E-state index contributed by atoms with van der Waals surface area (Å²) < 4.78 is 1.07. The quantitative estimate of drug-likeness (QED) is 0.859. The molecule has 0 atom stereocenters. The largest absolute Gasteiger partial charge is 0.397 e. The first-order valence-electron chi connectivity index (χ1n) is 4.23. The first-order chi connectivity index (χ1) is 5.70. The Hall–Kier alpha value is -0.0200. The second-order valence-corrected chi connectivity index (χ2v) is 5.09. The predicted octanol–water partition coefficient (Wildman–Crippen LogP) is 4.00. The molecule has 0 bridgehead atoms. The van der Waals surface area contributed by atoms with Gasteiger partial charge in [-0.3, -0.25) is 0 Å². The maximum absolute atomic E-state index is 5.92. The molecule has 1 aromatic heterocycles. The maximum atomic E-state index is 5.92. The molecule has 0 aromatic carbocycles. The van der Waals surface area contributed by atoms with Gasteiger partial charge in [0.05, 0.1) is 9.47 Å². The zero-order valence-electron chi connectivity index (χ0n) is 7.43. The molecule has 2 N–H and O–H groups in total. The lowest BCUT2D eigenvalue weighted by molar-refractivity contribution is 0.646. The molecule has 0 amide bonds. The van der Waals surface area contributed by atoms with Crippen molar-refractivity contribution in [3.05, 3.63) is 14.7 Å². The Morgan fingerprint density at radius 2 is 2.08 bits per heavy atom. The van der Waals surface area contributed by atoms with Gasteiger partial charge in [-0.25, -0.2) is 0 Å². The highest BCUT2D eigenvalue weighted by Gasteiger charge is 2.13. The number of nitrogens with two attached hydrogens (primary N) is 1. The molecule has 1 aromatic rings. The van der Waals surface area contributed by atoms with Gasteiger partial charge in [0, 0.05) is 0 Å². The molecule has 0 unspecified atom stereocenters. The second-order valence-electron chi connectivity index (χ2n) is 2.89. The van der Waals surface area contributed by atoms with Crippen LogP contribution in [-0.4, -0.2) is 0 Å². The summed E-state index contributed by atoms with van der Waals surface area (Å²) in [6.07, 6.45) is 2.34. The third kappa shape index (κ3) is 1.83. The average Bonchev–Trinajstić information content (AvgIpc) is 2.38. The molecular weight excluding hydrogens is 234 g/mol. The highest BCUT2D eigenvalue weighted by molar-refractivity contribution is 9.11. The summed E-state index contributed by atoms with van der Waals surface area (Å²) in [6, 6.07) is 0. The second kappa shape index (κ2) is 4.28. The summed E-state index contributed by atoms with van der Waals surface area (Å²) >= 11 is 5.12. The maximum Gasteiger partial charge on any atom is 0.0930 e. The zero-order chi connectivity index (χ0) is 9.14. The number of nitrogen functional groups attached to an aromatic ring is 1. The van der Waals surface area contributed by atoms with E-state index < -0.39 is 0 Å². The fourth-order valence-corrected chi connectivity index (χ4v) is 2.70. The molecule has 1 nitrogen and oxygen atoms in total. The van der Waals surface area contributed by atoms with E-state index in [1.807, 2.05) is 0 Å². The Balaban J connectivity index is 2.93. The van der Waals surface area contributed by atoms with Gasteiger partial charge in [-0.05, 0) is 45.6 Å². The van der Waals surface area contributed by atoms with Gasteiger partial charge >= 0.3 is 0 Å². The number of hydrogen-bond donors (Lipinski definition) is 1. The number of halogens is 1. The van der Waals surface area contributed by atoms with E-state index in [0.29, 0.717) is 5.92 Å². The molecule has 0 aliphatic rings. The number of thiophene rings is 1. The summed E-state index contributed by atoms with van der Waals surface area (Å²) in [5.74, 6) is 0.632. The van der Waals surface area contributed by atoms with Crippen LogP contribution < -0.4 is 5.73 Å². The molecule has 0 saturated carbocycles. The number of hydrogen-bond acceptors (Lipinski definition) is 2. The Kier molecular flexibility index (Phi) is 3.59. The zero-order valence-corrected chi connectivity index (χ0v) is 9.83. The lowest BCUT2D eigenvalue weighted by atomic mass is 9.96. The van der Waals surface area contributed by atoms with Crippen LogP contribution in [0.4, 0.5) is 5.69 Å². The Bertz CT molecular complexity index is 253. The van der Waals surface area contributed by atoms with Crippen LogP contribution in [0.1, 0.15) is 38.2 Å². The molecule has 0 aliphatic carbocycles. The first-order valence-corrected chi connectivity index (χ1v) is 5.90. The van der Waals surface area contributed by atoms with E-state index in [9.17, 15) is 0 Å².